The summed E-state index contributed by atoms with van der Waals surface area (Å²) in [5, 5.41) is 9.11. The molecule has 4 heteroatoms. The van der Waals surface area contributed by atoms with Crippen molar-refractivity contribution in [2.75, 3.05) is 6.61 Å². The summed E-state index contributed by atoms with van der Waals surface area (Å²) >= 11 is 0. The fourth-order valence-electron chi connectivity index (χ4n) is 0.907. The van der Waals surface area contributed by atoms with E-state index in [0.29, 0.717) is 6.61 Å². The summed E-state index contributed by atoms with van der Waals surface area (Å²) in [5.41, 5.74) is 0. The number of carbonyl (C=O) groups excluding carboxylic acids is 1. The van der Waals surface area contributed by atoms with Crippen molar-refractivity contribution in [3.05, 3.63) is 24.3 Å². The Labute approximate surface area is 88.4 Å². The largest absolute Gasteiger partial charge is 0.513 e. The van der Waals surface area contributed by atoms with Crippen LogP contribution in [0.25, 0.3) is 0 Å². The molecule has 1 aromatic rings. The first-order chi connectivity index (χ1) is 7.08. The molecule has 0 aliphatic heterocycles. The first kappa shape index (κ1) is 11.4. The van der Waals surface area contributed by atoms with E-state index < -0.39 is 6.16 Å². The maximum atomic E-state index is 11.1. The van der Waals surface area contributed by atoms with Crippen molar-refractivity contribution in [2.24, 2.45) is 5.92 Å². The van der Waals surface area contributed by atoms with Gasteiger partial charge in [0.2, 0.25) is 0 Å². The molecule has 0 saturated heterocycles. The lowest BCUT2D eigenvalue weighted by molar-refractivity contribution is 0.0885. The molecule has 0 atom stereocenters. The number of rotatable bonds is 3. The van der Waals surface area contributed by atoms with Gasteiger partial charge in [-0.25, -0.2) is 4.79 Å². The van der Waals surface area contributed by atoms with Crippen molar-refractivity contribution in [2.45, 2.75) is 13.8 Å². The fraction of sp³-hybridized carbons (Fsp3) is 0.364. The molecule has 1 rings (SSSR count). The fourth-order valence-corrected chi connectivity index (χ4v) is 0.907. The normalized spacial score (nSPS) is 10.1. The first-order valence-electron chi connectivity index (χ1n) is 4.71. The molecule has 1 N–H and O–H groups in total. The number of hydrogen-bond donors (Lipinski definition) is 1. The Morgan fingerprint density at radius 3 is 2.80 bits per heavy atom. The zero-order valence-electron chi connectivity index (χ0n) is 8.77. The number of aromatic hydroxyl groups is 1. The molecule has 0 saturated carbocycles. The molecule has 4 nitrogen and oxygen atoms in total. The molecule has 0 heterocycles. The third-order valence-corrected chi connectivity index (χ3v) is 1.55. The maximum Gasteiger partial charge on any atom is 0.513 e. The number of phenolic OH excluding ortho intramolecular Hbond substituents is 1. The van der Waals surface area contributed by atoms with Gasteiger partial charge in [-0.1, -0.05) is 19.9 Å². The highest BCUT2D eigenvalue weighted by atomic mass is 16.7. The molecule has 0 fully saturated rings. The highest BCUT2D eigenvalue weighted by Gasteiger charge is 2.07. The van der Waals surface area contributed by atoms with Crippen LogP contribution in [-0.4, -0.2) is 17.9 Å². The summed E-state index contributed by atoms with van der Waals surface area (Å²) in [6, 6.07) is 5.99. The molecule has 0 unspecified atom stereocenters. The minimum atomic E-state index is -0.755. The van der Waals surface area contributed by atoms with Crippen LogP contribution >= 0.6 is 0 Å². The Morgan fingerprint density at radius 1 is 1.47 bits per heavy atom. The predicted molar refractivity (Wildman–Crippen MR) is 54.9 cm³/mol. The number of phenols is 1. The number of ether oxygens (including phenoxy) is 2. The average molecular weight is 210 g/mol. The van der Waals surface area contributed by atoms with Crippen LogP contribution in [0.3, 0.4) is 0 Å². The third kappa shape index (κ3) is 4.35. The topological polar surface area (TPSA) is 55.8 Å². The van der Waals surface area contributed by atoms with Gasteiger partial charge in [-0.3, -0.25) is 0 Å². The molecule has 0 aromatic heterocycles. The van der Waals surface area contributed by atoms with Crippen LogP contribution < -0.4 is 4.74 Å². The molecule has 0 bridgehead atoms. The molecule has 82 valence electrons. The summed E-state index contributed by atoms with van der Waals surface area (Å²) in [7, 11) is 0. The Kier molecular flexibility index (Phi) is 3.97. The number of benzene rings is 1. The van der Waals surface area contributed by atoms with E-state index in [1.807, 2.05) is 13.8 Å². The zero-order valence-corrected chi connectivity index (χ0v) is 8.77. The van der Waals surface area contributed by atoms with Crippen molar-refractivity contribution in [1.82, 2.24) is 0 Å². The smallest absolute Gasteiger partial charge is 0.508 e. The van der Waals surface area contributed by atoms with E-state index in [1.165, 1.54) is 12.1 Å². The number of carbonyl (C=O) groups is 1. The van der Waals surface area contributed by atoms with Gasteiger partial charge in [-0.15, -0.1) is 0 Å². The molecule has 0 aliphatic carbocycles. The Morgan fingerprint density at radius 2 is 2.20 bits per heavy atom. The van der Waals surface area contributed by atoms with Gasteiger partial charge >= 0.3 is 6.16 Å². The predicted octanol–water partition coefficient (Wildman–Crippen LogP) is 2.56. The first-order valence-corrected chi connectivity index (χ1v) is 4.71. The van der Waals surface area contributed by atoms with E-state index in [4.69, 9.17) is 14.6 Å². The Hall–Kier alpha value is -1.71. The SMILES string of the molecule is CC(C)COC(=O)Oc1cccc(O)c1. The van der Waals surface area contributed by atoms with E-state index in [0.717, 1.165) is 0 Å². The number of hydrogen-bond acceptors (Lipinski definition) is 4. The van der Waals surface area contributed by atoms with Gasteiger partial charge in [0.05, 0.1) is 6.61 Å². The van der Waals surface area contributed by atoms with E-state index in [9.17, 15) is 4.79 Å². The summed E-state index contributed by atoms with van der Waals surface area (Å²) in [4.78, 5) is 11.1. The molecule has 0 radical (unpaired) electrons. The minimum absolute atomic E-state index is 0.0455. The van der Waals surface area contributed by atoms with Crippen molar-refractivity contribution >= 4 is 6.16 Å². The molecule has 0 aliphatic rings. The van der Waals surface area contributed by atoms with Gasteiger partial charge in [0, 0.05) is 6.07 Å². The molecule has 1 aromatic carbocycles. The van der Waals surface area contributed by atoms with Crippen LogP contribution in [0.15, 0.2) is 24.3 Å². The van der Waals surface area contributed by atoms with Crippen molar-refractivity contribution in [3.8, 4) is 11.5 Å². The van der Waals surface area contributed by atoms with E-state index in [1.54, 1.807) is 12.1 Å². The van der Waals surface area contributed by atoms with Gasteiger partial charge in [0.15, 0.2) is 0 Å². The molecule has 0 spiro atoms. The quantitative estimate of drug-likeness (QED) is 0.615. The molecular formula is C11H14O4. The second-order valence-electron chi connectivity index (χ2n) is 3.55. The van der Waals surface area contributed by atoms with Gasteiger partial charge in [-0.05, 0) is 18.1 Å². The zero-order chi connectivity index (χ0) is 11.3. The second-order valence-corrected chi connectivity index (χ2v) is 3.55. The average Bonchev–Trinajstić information content (AvgIpc) is 2.15. The maximum absolute atomic E-state index is 11.1. The Balaban J connectivity index is 2.44. The molecular weight excluding hydrogens is 196 g/mol. The second kappa shape index (κ2) is 5.24. The van der Waals surface area contributed by atoms with Crippen LogP contribution in [0.1, 0.15) is 13.8 Å². The molecule has 15 heavy (non-hydrogen) atoms. The Bertz CT molecular complexity index is 333. The highest BCUT2D eigenvalue weighted by molar-refractivity contribution is 5.63. The third-order valence-electron chi connectivity index (χ3n) is 1.55. The summed E-state index contributed by atoms with van der Waals surface area (Å²) in [6.07, 6.45) is -0.755. The van der Waals surface area contributed by atoms with Crippen LogP contribution in [0.2, 0.25) is 0 Å². The summed E-state index contributed by atoms with van der Waals surface area (Å²) in [5.74, 6) is 0.578. The van der Waals surface area contributed by atoms with Crippen LogP contribution in [0.5, 0.6) is 11.5 Å². The highest BCUT2D eigenvalue weighted by Crippen LogP contribution is 2.18. The van der Waals surface area contributed by atoms with Crippen molar-refractivity contribution < 1.29 is 19.4 Å². The van der Waals surface area contributed by atoms with Gasteiger partial charge < -0.3 is 14.6 Å². The van der Waals surface area contributed by atoms with Crippen LogP contribution in [0.4, 0.5) is 4.79 Å². The lowest BCUT2D eigenvalue weighted by Crippen LogP contribution is -2.14. The van der Waals surface area contributed by atoms with E-state index in [-0.39, 0.29) is 17.4 Å². The lowest BCUT2D eigenvalue weighted by Gasteiger charge is -2.07. The summed E-state index contributed by atoms with van der Waals surface area (Å²) < 4.78 is 9.63. The summed E-state index contributed by atoms with van der Waals surface area (Å²) in [6.45, 7) is 4.18. The monoisotopic (exact) mass is 210 g/mol. The van der Waals surface area contributed by atoms with Crippen molar-refractivity contribution in [1.29, 1.82) is 0 Å². The van der Waals surface area contributed by atoms with Crippen LogP contribution in [0, 0.1) is 5.92 Å². The van der Waals surface area contributed by atoms with Gasteiger partial charge in [-0.2, -0.15) is 0 Å². The standard InChI is InChI=1S/C11H14O4/c1-8(2)7-14-11(13)15-10-5-3-4-9(12)6-10/h3-6,8,12H,7H2,1-2H3. The minimum Gasteiger partial charge on any atom is -0.508 e. The van der Waals surface area contributed by atoms with Crippen LogP contribution in [-0.2, 0) is 4.74 Å². The van der Waals surface area contributed by atoms with Crippen molar-refractivity contribution in [3.63, 3.8) is 0 Å². The van der Waals surface area contributed by atoms with Gasteiger partial charge in [0.25, 0.3) is 0 Å². The van der Waals surface area contributed by atoms with E-state index in [2.05, 4.69) is 0 Å². The molecule has 0 amide bonds. The lowest BCUT2D eigenvalue weighted by atomic mass is 10.2. The van der Waals surface area contributed by atoms with E-state index >= 15 is 0 Å². The van der Waals surface area contributed by atoms with Gasteiger partial charge in [0.1, 0.15) is 11.5 Å².